The molecule has 1 amide bonds. The van der Waals surface area contributed by atoms with Crippen molar-refractivity contribution in [3.05, 3.63) is 90.0 Å². The lowest BCUT2D eigenvalue weighted by atomic mass is 9.98. The molecule has 0 saturated carbocycles. The quantitative estimate of drug-likeness (QED) is 0.237. The van der Waals surface area contributed by atoms with Gasteiger partial charge in [0.05, 0.1) is 52.9 Å². The van der Waals surface area contributed by atoms with Crippen molar-refractivity contribution in [2.75, 3.05) is 72.6 Å². The van der Waals surface area contributed by atoms with Gasteiger partial charge in [0.25, 0.3) is 0 Å². The zero-order valence-corrected chi connectivity index (χ0v) is 22.2. The summed E-state index contributed by atoms with van der Waals surface area (Å²) in [6, 6.07) is 26.2. The Balaban J connectivity index is 0.933. The topological polar surface area (TPSA) is 84.5 Å². The lowest BCUT2D eigenvalue weighted by Gasteiger charge is -2.14. The standard InChI is InChI=1S/C31H37NO7/c33-31(39-24-30-28-12-6-4-10-26(28)27-11-5-7-13-29(27)30)32-14-15-34-16-17-35-18-19-36-20-21-37-22-23-38-25-8-2-1-3-9-25/h1-13,30H,14-24H2,(H,32,33). The monoisotopic (exact) mass is 535 g/mol. The van der Waals surface area contributed by atoms with Crippen molar-refractivity contribution in [1.82, 2.24) is 5.32 Å². The zero-order chi connectivity index (χ0) is 27.0. The third-order valence-corrected chi connectivity index (χ3v) is 6.22. The molecule has 39 heavy (non-hydrogen) atoms. The van der Waals surface area contributed by atoms with Crippen molar-refractivity contribution >= 4 is 6.09 Å². The van der Waals surface area contributed by atoms with E-state index in [4.69, 9.17) is 28.4 Å². The summed E-state index contributed by atoms with van der Waals surface area (Å²) < 4.78 is 33.0. The summed E-state index contributed by atoms with van der Waals surface area (Å²) in [5.41, 5.74) is 4.80. The van der Waals surface area contributed by atoms with Crippen LogP contribution in [0.5, 0.6) is 5.75 Å². The fraction of sp³-hybridized carbons (Fsp3) is 0.387. The van der Waals surface area contributed by atoms with Crippen molar-refractivity contribution < 1.29 is 33.2 Å². The van der Waals surface area contributed by atoms with E-state index in [0.29, 0.717) is 72.6 Å². The predicted molar refractivity (Wildman–Crippen MR) is 148 cm³/mol. The number of alkyl carbamates (subject to hydrolysis) is 1. The van der Waals surface area contributed by atoms with Crippen LogP contribution < -0.4 is 10.1 Å². The van der Waals surface area contributed by atoms with E-state index in [1.165, 1.54) is 22.3 Å². The fourth-order valence-electron chi connectivity index (χ4n) is 4.37. The van der Waals surface area contributed by atoms with Crippen LogP contribution >= 0.6 is 0 Å². The highest BCUT2D eigenvalue weighted by molar-refractivity contribution is 5.79. The van der Waals surface area contributed by atoms with Crippen LogP contribution in [0, 0.1) is 0 Å². The normalized spacial score (nSPS) is 12.1. The number of fused-ring (bicyclic) bond motifs is 3. The first-order chi connectivity index (χ1) is 19.3. The van der Waals surface area contributed by atoms with Gasteiger partial charge in [0, 0.05) is 12.5 Å². The summed E-state index contributed by atoms with van der Waals surface area (Å²) in [5, 5.41) is 2.74. The van der Waals surface area contributed by atoms with Crippen LogP contribution in [-0.2, 0) is 23.7 Å². The number of rotatable bonds is 18. The van der Waals surface area contributed by atoms with Gasteiger partial charge >= 0.3 is 6.09 Å². The molecule has 0 heterocycles. The lowest BCUT2D eigenvalue weighted by molar-refractivity contribution is -0.00427. The molecule has 208 valence electrons. The Morgan fingerprint density at radius 2 is 1.08 bits per heavy atom. The Hall–Kier alpha value is -3.43. The maximum atomic E-state index is 12.2. The molecule has 0 aromatic heterocycles. The first kappa shape index (κ1) is 28.6. The van der Waals surface area contributed by atoms with Gasteiger partial charge in [-0.25, -0.2) is 4.79 Å². The van der Waals surface area contributed by atoms with Gasteiger partial charge < -0.3 is 33.7 Å². The van der Waals surface area contributed by atoms with E-state index in [9.17, 15) is 4.79 Å². The number of carbonyl (C=O) groups is 1. The summed E-state index contributed by atoms with van der Waals surface area (Å²) in [5.74, 6) is 0.887. The molecule has 1 aliphatic rings. The minimum atomic E-state index is -0.443. The van der Waals surface area contributed by atoms with Gasteiger partial charge in [-0.1, -0.05) is 66.7 Å². The summed E-state index contributed by atoms with van der Waals surface area (Å²) in [4.78, 5) is 12.2. The molecule has 0 bridgehead atoms. The van der Waals surface area contributed by atoms with E-state index < -0.39 is 6.09 Å². The van der Waals surface area contributed by atoms with Crippen LogP contribution in [-0.4, -0.2) is 78.7 Å². The molecule has 8 nitrogen and oxygen atoms in total. The van der Waals surface area contributed by atoms with Crippen LogP contribution in [0.3, 0.4) is 0 Å². The van der Waals surface area contributed by atoms with E-state index in [1.807, 2.05) is 54.6 Å². The van der Waals surface area contributed by atoms with Gasteiger partial charge in [0.2, 0.25) is 0 Å². The molecule has 8 heteroatoms. The molecule has 0 atom stereocenters. The number of nitrogens with one attached hydrogen (secondary N) is 1. The van der Waals surface area contributed by atoms with Gasteiger partial charge in [-0.2, -0.15) is 0 Å². The van der Waals surface area contributed by atoms with Gasteiger partial charge in [-0.05, 0) is 34.4 Å². The molecular weight excluding hydrogens is 498 g/mol. The third kappa shape index (κ3) is 9.37. The van der Waals surface area contributed by atoms with E-state index >= 15 is 0 Å². The molecule has 0 unspecified atom stereocenters. The van der Waals surface area contributed by atoms with Crippen molar-refractivity contribution in [2.45, 2.75) is 5.92 Å². The number of hydrogen-bond donors (Lipinski definition) is 1. The SMILES string of the molecule is O=C(NCCOCCOCCOCCOCCOc1ccccc1)OCC1c2ccccc2-c2ccccc21. The maximum absolute atomic E-state index is 12.2. The predicted octanol–water partition coefficient (Wildman–Crippen LogP) is 4.67. The number of amides is 1. The summed E-state index contributed by atoms with van der Waals surface area (Å²) >= 11 is 0. The third-order valence-electron chi connectivity index (χ3n) is 6.22. The molecular formula is C31H37NO7. The minimum Gasteiger partial charge on any atom is -0.491 e. The van der Waals surface area contributed by atoms with Gasteiger partial charge in [0.1, 0.15) is 19.0 Å². The van der Waals surface area contributed by atoms with Crippen molar-refractivity contribution in [2.24, 2.45) is 0 Å². The fourth-order valence-corrected chi connectivity index (χ4v) is 4.37. The van der Waals surface area contributed by atoms with Gasteiger partial charge in [-0.15, -0.1) is 0 Å². The second kappa shape index (κ2) is 16.5. The average Bonchev–Trinajstić information content (AvgIpc) is 3.30. The highest BCUT2D eigenvalue weighted by Crippen LogP contribution is 2.44. The van der Waals surface area contributed by atoms with E-state index in [2.05, 4.69) is 29.6 Å². The Kier molecular flexibility index (Phi) is 12.1. The Labute approximate surface area is 230 Å². The Morgan fingerprint density at radius 3 is 1.67 bits per heavy atom. The van der Waals surface area contributed by atoms with Gasteiger partial charge in [0.15, 0.2) is 0 Å². The molecule has 0 aliphatic heterocycles. The van der Waals surface area contributed by atoms with Crippen LogP contribution in [0.1, 0.15) is 17.0 Å². The molecule has 0 spiro atoms. The Morgan fingerprint density at radius 1 is 0.590 bits per heavy atom. The molecule has 1 N–H and O–H groups in total. The number of carbonyl (C=O) groups excluding carboxylic acids is 1. The average molecular weight is 536 g/mol. The molecule has 4 rings (SSSR count). The molecule has 3 aromatic rings. The first-order valence-corrected chi connectivity index (χ1v) is 13.4. The maximum Gasteiger partial charge on any atom is 0.407 e. The highest BCUT2D eigenvalue weighted by atomic mass is 16.6. The number of para-hydroxylation sites is 1. The van der Waals surface area contributed by atoms with Crippen LogP contribution in [0.4, 0.5) is 4.79 Å². The largest absolute Gasteiger partial charge is 0.491 e. The Bertz CT molecular complexity index is 1080. The molecule has 1 aliphatic carbocycles. The molecule has 0 radical (unpaired) electrons. The zero-order valence-electron chi connectivity index (χ0n) is 22.2. The van der Waals surface area contributed by atoms with Crippen molar-refractivity contribution in [3.63, 3.8) is 0 Å². The number of hydrogen-bond acceptors (Lipinski definition) is 7. The van der Waals surface area contributed by atoms with E-state index in [0.717, 1.165) is 5.75 Å². The molecule has 3 aromatic carbocycles. The summed E-state index contributed by atoms with van der Waals surface area (Å²) in [6.45, 7) is 4.97. The van der Waals surface area contributed by atoms with E-state index in [-0.39, 0.29) is 5.92 Å². The molecule has 0 fully saturated rings. The first-order valence-electron chi connectivity index (χ1n) is 13.4. The van der Waals surface area contributed by atoms with Crippen LogP contribution in [0.2, 0.25) is 0 Å². The second-order valence-corrected chi connectivity index (χ2v) is 8.86. The number of benzene rings is 3. The van der Waals surface area contributed by atoms with Crippen molar-refractivity contribution in [1.29, 1.82) is 0 Å². The lowest BCUT2D eigenvalue weighted by Crippen LogP contribution is -2.29. The van der Waals surface area contributed by atoms with Crippen molar-refractivity contribution in [3.8, 4) is 16.9 Å². The van der Waals surface area contributed by atoms with Crippen LogP contribution in [0.25, 0.3) is 11.1 Å². The minimum absolute atomic E-state index is 0.0487. The highest BCUT2D eigenvalue weighted by Gasteiger charge is 2.28. The molecule has 0 saturated heterocycles. The number of ether oxygens (including phenoxy) is 6. The van der Waals surface area contributed by atoms with Crippen LogP contribution in [0.15, 0.2) is 78.9 Å². The smallest absolute Gasteiger partial charge is 0.407 e. The summed E-state index contributed by atoms with van der Waals surface area (Å²) in [6.07, 6.45) is -0.443. The second-order valence-electron chi connectivity index (χ2n) is 8.86. The summed E-state index contributed by atoms with van der Waals surface area (Å²) in [7, 11) is 0. The van der Waals surface area contributed by atoms with E-state index in [1.54, 1.807) is 0 Å². The van der Waals surface area contributed by atoms with Gasteiger partial charge in [-0.3, -0.25) is 0 Å².